The molecule has 0 bridgehead atoms. The molecule has 29 heavy (non-hydrogen) atoms. The van der Waals surface area contributed by atoms with E-state index in [9.17, 15) is 5.26 Å². The summed E-state index contributed by atoms with van der Waals surface area (Å²) in [6, 6.07) is 8.11. The number of nitrogens with one attached hydrogen (secondary N) is 2. The number of rotatable bonds is 6. The van der Waals surface area contributed by atoms with Crippen LogP contribution in [0.5, 0.6) is 0 Å². The van der Waals surface area contributed by atoms with E-state index in [0.717, 1.165) is 53.5 Å². The number of fused-ring (bicyclic) bond motifs is 3. The van der Waals surface area contributed by atoms with Gasteiger partial charge in [-0.25, -0.2) is 4.98 Å². The lowest BCUT2D eigenvalue weighted by Gasteiger charge is -2.18. The number of benzene rings is 1. The molecule has 0 spiro atoms. The summed E-state index contributed by atoms with van der Waals surface area (Å²) in [5.74, 6) is 1.34. The lowest BCUT2D eigenvalue weighted by Crippen LogP contribution is -2.20. The molecule has 0 aliphatic carbocycles. The van der Waals surface area contributed by atoms with Crippen LogP contribution in [-0.2, 0) is 11.3 Å². The lowest BCUT2D eigenvalue weighted by molar-refractivity contribution is 0.314. The molecule has 2 N–H and O–H groups in total. The van der Waals surface area contributed by atoms with E-state index < -0.39 is 0 Å². The van der Waals surface area contributed by atoms with Crippen molar-refractivity contribution in [3.05, 3.63) is 47.7 Å². The van der Waals surface area contributed by atoms with Crippen molar-refractivity contribution in [3.63, 3.8) is 0 Å². The molecule has 1 aromatic carbocycles. The van der Waals surface area contributed by atoms with Crippen LogP contribution >= 0.6 is 0 Å². The van der Waals surface area contributed by atoms with Gasteiger partial charge in [-0.15, -0.1) is 0 Å². The minimum atomic E-state index is 0.298. The first kappa shape index (κ1) is 18.9. The largest absolute Gasteiger partial charge is 0.494 e. The van der Waals surface area contributed by atoms with Crippen LogP contribution in [0.4, 0.5) is 0 Å². The first-order chi connectivity index (χ1) is 14.1. The van der Waals surface area contributed by atoms with Gasteiger partial charge >= 0.3 is 0 Å². The topological polar surface area (TPSA) is 103 Å². The molecule has 0 radical (unpaired) electrons. The minimum Gasteiger partial charge on any atom is -0.494 e. The number of nitriles is 1. The summed E-state index contributed by atoms with van der Waals surface area (Å²) < 4.78 is 7.40. The molecule has 8 nitrogen and oxygen atoms in total. The number of pyridine rings is 1. The third-order valence-corrected chi connectivity index (χ3v) is 5.33. The van der Waals surface area contributed by atoms with Crippen molar-refractivity contribution in [2.24, 2.45) is 0 Å². The van der Waals surface area contributed by atoms with Crippen molar-refractivity contribution < 1.29 is 4.74 Å². The zero-order chi connectivity index (χ0) is 20.4. The quantitative estimate of drug-likeness (QED) is 0.496. The number of methoxy groups -OCH3 is 1. The average molecular weight is 389 g/mol. The fourth-order valence-corrected chi connectivity index (χ4v) is 3.94. The highest BCUT2D eigenvalue weighted by atomic mass is 16.5. The molecule has 1 atom stereocenters. The number of allylic oxidation sites excluding steroid dienone is 1. The maximum Gasteiger partial charge on any atom is 0.151 e. The molecule has 3 heterocycles. The van der Waals surface area contributed by atoms with Crippen LogP contribution in [0.25, 0.3) is 21.9 Å². The fourth-order valence-electron chi connectivity index (χ4n) is 3.94. The van der Waals surface area contributed by atoms with Gasteiger partial charge in [-0.1, -0.05) is 0 Å². The molecule has 1 aliphatic heterocycles. The van der Waals surface area contributed by atoms with Gasteiger partial charge in [0.1, 0.15) is 11.3 Å². The zero-order valence-electron chi connectivity index (χ0n) is 16.5. The van der Waals surface area contributed by atoms with E-state index in [0.29, 0.717) is 23.9 Å². The Labute approximate surface area is 168 Å². The summed E-state index contributed by atoms with van der Waals surface area (Å²) in [5, 5.41) is 20.8. The van der Waals surface area contributed by atoms with Crippen molar-refractivity contribution >= 4 is 28.2 Å². The van der Waals surface area contributed by atoms with Gasteiger partial charge in [0, 0.05) is 24.2 Å². The maximum atomic E-state index is 9.36. The number of hydrogen-bond acceptors (Lipinski definition) is 7. The van der Waals surface area contributed by atoms with Gasteiger partial charge in [0.15, 0.2) is 5.76 Å². The van der Waals surface area contributed by atoms with Crippen molar-refractivity contribution in [2.45, 2.75) is 19.0 Å². The van der Waals surface area contributed by atoms with E-state index in [1.807, 2.05) is 12.1 Å². The smallest absolute Gasteiger partial charge is 0.151 e. The number of nitrogens with zero attached hydrogens (tertiary/aromatic N) is 5. The molecule has 1 saturated heterocycles. The molecule has 0 amide bonds. The number of hydrogen-bond donors (Lipinski definition) is 2. The van der Waals surface area contributed by atoms with Gasteiger partial charge in [-0.05, 0) is 38.2 Å². The predicted molar refractivity (Wildman–Crippen MR) is 112 cm³/mol. The predicted octanol–water partition coefficient (Wildman–Crippen LogP) is 2.56. The second-order valence-corrected chi connectivity index (χ2v) is 7.21. The van der Waals surface area contributed by atoms with Gasteiger partial charge < -0.3 is 24.9 Å². The first-order valence-electron chi connectivity index (χ1n) is 9.51. The number of likely N-dealkylation sites (N-methyl/N-ethyl adjacent to an activating group) is 1. The highest BCUT2D eigenvalue weighted by Gasteiger charge is 2.26. The van der Waals surface area contributed by atoms with Crippen molar-refractivity contribution in [2.75, 3.05) is 27.2 Å². The highest BCUT2D eigenvalue weighted by Crippen LogP contribution is 2.32. The summed E-state index contributed by atoms with van der Waals surface area (Å²) in [7, 11) is 3.66. The minimum absolute atomic E-state index is 0.298. The molecule has 1 aliphatic rings. The molecule has 4 rings (SSSR count). The molecule has 1 unspecified atom stereocenters. The molecule has 148 valence electrons. The van der Waals surface area contributed by atoms with Crippen LogP contribution in [0.2, 0.25) is 0 Å². The van der Waals surface area contributed by atoms with Gasteiger partial charge in [-0.2, -0.15) is 5.26 Å². The second-order valence-electron chi connectivity index (χ2n) is 7.21. The molecule has 8 heteroatoms. The molecule has 2 aromatic heterocycles. The SMILES string of the molecule is CO/C(C=N)=C/NCc1nc2cnc3ccc(C#N)cc3c2n1C1CCN(C)C1. The van der Waals surface area contributed by atoms with Gasteiger partial charge in [0.2, 0.25) is 0 Å². The Morgan fingerprint density at radius 2 is 2.31 bits per heavy atom. The van der Waals surface area contributed by atoms with E-state index in [-0.39, 0.29) is 0 Å². The third kappa shape index (κ3) is 3.52. The molecule has 1 fully saturated rings. The zero-order valence-corrected chi connectivity index (χ0v) is 16.5. The van der Waals surface area contributed by atoms with Crippen LogP contribution in [0.3, 0.4) is 0 Å². The Morgan fingerprint density at radius 3 is 3.00 bits per heavy atom. The number of aromatic nitrogens is 3. The Hall–Kier alpha value is -3.44. The fraction of sp³-hybridized carbons (Fsp3) is 0.333. The van der Waals surface area contributed by atoms with Gasteiger partial charge in [0.05, 0.1) is 48.7 Å². The Morgan fingerprint density at radius 1 is 1.45 bits per heavy atom. The normalized spacial score (nSPS) is 17.6. The van der Waals surface area contributed by atoms with E-state index in [1.54, 1.807) is 18.5 Å². The molecular formula is C21H23N7O. The van der Waals surface area contributed by atoms with Crippen molar-refractivity contribution in [3.8, 4) is 6.07 Å². The van der Waals surface area contributed by atoms with Crippen LogP contribution in [0.15, 0.2) is 36.4 Å². The monoisotopic (exact) mass is 389 g/mol. The number of ether oxygens (including phenoxy) is 1. The van der Waals surface area contributed by atoms with E-state index >= 15 is 0 Å². The lowest BCUT2D eigenvalue weighted by atomic mass is 10.1. The Kier molecular flexibility index (Phi) is 5.14. The molecule has 3 aromatic rings. The van der Waals surface area contributed by atoms with E-state index in [2.05, 4.69) is 32.9 Å². The summed E-state index contributed by atoms with van der Waals surface area (Å²) in [4.78, 5) is 11.7. The Balaban J connectivity index is 1.86. The van der Waals surface area contributed by atoms with Crippen LogP contribution in [-0.4, -0.2) is 52.9 Å². The van der Waals surface area contributed by atoms with E-state index in [4.69, 9.17) is 15.1 Å². The standard InChI is InChI=1S/C21H23N7O/c1-27-6-5-15(13-27)28-20(12-24-10-16(9-23)29-2)26-19-11-25-18-4-3-14(8-22)7-17(18)21(19)28/h3-4,7,9-11,15,23-24H,5-6,12-13H2,1-2H3/b16-10+,23-9?. The van der Waals surface area contributed by atoms with Crippen LogP contribution < -0.4 is 5.32 Å². The first-order valence-corrected chi connectivity index (χ1v) is 9.51. The summed E-state index contributed by atoms with van der Waals surface area (Å²) in [5.41, 5.74) is 3.31. The van der Waals surface area contributed by atoms with Crippen LogP contribution in [0.1, 0.15) is 23.9 Å². The van der Waals surface area contributed by atoms with Crippen molar-refractivity contribution in [1.29, 1.82) is 10.7 Å². The summed E-state index contributed by atoms with van der Waals surface area (Å²) >= 11 is 0. The molecular weight excluding hydrogens is 366 g/mol. The highest BCUT2D eigenvalue weighted by molar-refractivity contribution is 6.02. The second kappa shape index (κ2) is 7.89. The van der Waals surface area contributed by atoms with E-state index in [1.165, 1.54) is 7.11 Å². The summed E-state index contributed by atoms with van der Waals surface area (Å²) in [6.07, 6.45) is 5.66. The third-order valence-electron chi connectivity index (χ3n) is 5.33. The number of likely N-dealkylation sites (tertiary alicyclic amines) is 1. The van der Waals surface area contributed by atoms with Crippen LogP contribution in [0, 0.1) is 16.7 Å². The molecule has 0 saturated carbocycles. The van der Waals surface area contributed by atoms with Gasteiger partial charge in [0.25, 0.3) is 0 Å². The average Bonchev–Trinajstić information content (AvgIpc) is 3.33. The summed E-state index contributed by atoms with van der Waals surface area (Å²) in [6.45, 7) is 2.47. The van der Waals surface area contributed by atoms with Gasteiger partial charge in [-0.3, -0.25) is 4.98 Å². The Bertz CT molecular complexity index is 1140. The maximum absolute atomic E-state index is 9.36. The van der Waals surface area contributed by atoms with Crippen molar-refractivity contribution in [1.82, 2.24) is 24.8 Å². The number of imidazole rings is 1.